The first-order chi connectivity index (χ1) is 18.3. The number of hydrogen-bond acceptors (Lipinski definition) is 6. The van der Waals surface area contributed by atoms with Gasteiger partial charge in [-0.05, 0) is 25.5 Å². The predicted octanol–water partition coefficient (Wildman–Crippen LogP) is 8.28. The van der Waals surface area contributed by atoms with Crippen molar-refractivity contribution in [2.75, 3.05) is 6.61 Å². The highest BCUT2D eigenvalue weighted by molar-refractivity contribution is 7.86. The van der Waals surface area contributed by atoms with E-state index < -0.39 is 27.5 Å². The third-order valence-electron chi connectivity index (χ3n) is 6.79. The summed E-state index contributed by atoms with van der Waals surface area (Å²) in [5.41, 5.74) is -1.84. The quantitative estimate of drug-likeness (QED) is 0.0824. The summed E-state index contributed by atoms with van der Waals surface area (Å²) in [6.07, 6.45) is 23.1. The van der Waals surface area contributed by atoms with Gasteiger partial charge in [0.2, 0.25) is 5.44 Å². The van der Waals surface area contributed by atoms with Crippen molar-refractivity contribution >= 4 is 22.1 Å². The lowest BCUT2D eigenvalue weighted by atomic mass is 10.0. The Morgan fingerprint density at radius 2 is 1.05 bits per heavy atom. The average molecular weight is 555 g/mol. The number of ether oxygens (including phenoxy) is 2. The van der Waals surface area contributed by atoms with Crippen molar-refractivity contribution in [1.82, 2.24) is 0 Å². The van der Waals surface area contributed by atoms with E-state index in [0.29, 0.717) is 0 Å². The van der Waals surface area contributed by atoms with E-state index in [9.17, 15) is 18.0 Å². The Hall–Kier alpha value is -1.93. The predicted molar refractivity (Wildman–Crippen MR) is 152 cm³/mol. The summed E-state index contributed by atoms with van der Waals surface area (Å²) < 4.78 is 41.2. The van der Waals surface area contributed by atoms with Crippen LogP contribution in [0.5, 0.6) is 0 Å². The fraction of sp³-hybridized carbons (Fsp3) is 0.733. The van der Waals surface area contributed by atoms with E-state index in [1.54, 1.807) is 6.07 Å². The molecule has 0 aliphatic heterocycles. The molecule has 218 valence electrons. The molecule has 1 aromatic carbocycles. The fourth-order valence-corrected chi connectivity index (χ4v) is 4.57. The normalized spacial score (nSPS) is 12.3. The van der Waals surface area contributed by atoms with Crippen LogP contribution in [0.4, 0.5) is 0 Å². The van der Waals surface area contributed by atoms with Gasteiger partial charge in [-0.3, -0.25) is 4.55 Å². The largest absolute Gasteiger partial charge is 0.462 e. The second kappa shape index (κ2) is 21.0. The van der Waals surface area contributed by atoms with Crippen molar-refractivity contribution in [3.63, 3.8) is 0 Å². The van der Waals surface area contributed by atoms with Gasteiger partial charge >= 0.3 is 22.1 Å². The van der Waals surface area contributed by atoms with Gasteiger partial charge in [-0.25, -0.2) is 9.59 Å². The molecule has 1 aromatic rings. The molecule has 0 aromatic heterocycles. The van der Waals surface area contributed by atoms with Crippen molar-refractivity contribution in [3.8, 4) is 0 Å². The van der Waals surface area contributed by atoms with E-state index >= 15 is 0 Å². The van der Waals surface area contributed by atoms with Crippen molar-refractivity contribution < 1.29 is 32.0 Å². The second-order valence-corrected chi connectivity index (χ2v) is 11.9. The number of unbranched alkanes of at least 4 members (excludes halogenated alkanes) is 17. The zero-order valence-electron chi connectivity index (χ0n) is 23.6. The highest BCUT2D eigenvalue weighted by Gasteiger charge is 2.25. The average Bonchev–Trinajstić information content (AvgIpc) is 2.89. The summed E-state index contributed by atoms with van der Waals surface area (Å²) in [5.74, 6) is -1.68. The van der Waals surface area contributed by atoms with Crippen LogP contribution in [0.15, 0.2) is 24.3 Å². The van der Waals surface area contributed by atoms with Gasteiger partial charge in [-0.1, -0.05) is 128 Å². The smallest absolute Gasteiger partial charge is 0.340 e. The SMILES string of the molecule is CCCCCCCCCCCCCCCCCCCCOC(=O)c1ccccc1C(=O)OC(C)S(=O)(=O)O. The maximum absolute atomic E-state index is 12.4. The summed E-state index contributed by atoms with van der Waals surface area (Å²) >= 11 is 0. The third kappa shape index (κ3) is 16.1. The van der Waals surface area contributed by atoms with E-state index in [0.717, 1.165) is 26.2 Å². The van der Waals surface area contributed by atoms with Crippen molar-refractivity contribution in [3.05, 3.63) is 35.4 Å². The minimum Gasteiger partial charge on any atom is -0.462 e. The zero-order valence-corrected chi connectivity index (χ0v) is 24.4. The van der Waals surface area contributed by atoms with Gasteiger partial charge in [0.1, 0.15) is 0 Å². The van der Waals surface area contributed by atoms with Crippen LogP contribution in [0.1, 0.15) is 150 Å². The van der Waals surface area contributed by atoms with Crippen LogP contribution >= 0.6 is 0 Å². The molecule has 0 amide bonds. The summed E-state index contributed by atoms with van der Waals surface area (Å²) in [4.78, 5) is 24.7. The number of hydrogen-bond donors (Lipinski definition) is 1. The molecule has 0 spiro atoms. The number of benzene rings is 1. The zero-order chi connectivity index (χ0) is 28.1. The van der Waals surface area contributed by atoms with Crippen LogP contribution in [0.25, 0.3) is 0 Å². The third-order valence-corrected chi connectivity index (χ3v) is 7.73. The maximum atomic E-state index is 12.4. The minimum absolute atomic E-state index is 0.00227. The molecule has 1 rings (SSSR count). The molecule has 7 nitrogen and oxygen atoms in total. The summed E-state index contributed by atoms with van der Waals surface area (Å²) in [6, 6.07) is 5.89. The van der Waals surface area contributed by atoms with Crippen LogP contribution in [-0.4, -0.2) is 37.0 Å². The van der Waals surface area contributed by atoms with E-state index in [2.05, 4.69) is 6.92 Å². The first-order valence-corrected chi connectivity index (χ1v) is 16.2. The number of carbonyl (C=O) groups is 2. The molecule has 38 heavy (non-hydrogen) atoms. The van der Waals surface area contributed by atoms with Crippen molar-refractivity contribution in [2.24, 2.45) is 0 Å². The van der Waals surface area contributed by atoms with Crippen LogP contribution in [0.3, 0.4) is 0 Å². The summed E-state index contributed by atoms with van der Waals surface area (Å²) in [5, 5.41) is 0. The highest BCUT2D eigenvalue weighted by Crippen LogP contribution is 2.16. The van der Waals surface area contributed by atoms with Crippen LogP contribution in [0, 0.1) is 0 Å². The van der Waals surface area contributed by atoms with Crippen molar-refractivity contribution in [1.29, 1.82) is 0 Å². The number of rotatable bonds is 23. The summed E-state index contributed by atoms with van der Waals surface area (Å²) in [7, 11) is -4.54. The van der Waals surface area contributed by atoms with Gasteiger partial charge < -0.3 is 9.47 Å². The molecular formula is C30H50O7S. The number of esters is 2. The van der Waals surface area contributed by atoms with Gasteiger partial charge in [-0.15, -0.1) is 0 Å². The highest BCUT2D eigenvalue weighted by atomic mass is 32.2. The summed E-state index contributed by atoms with van der Waals surface area (Å²) in [6.45, 7) is 3.55. The first kappa shape index (κ1) is 34.1. The molecule has 8 heteroatoms. The van der Waals surface area contributed by atoms with E-state index in [1.165, 1.54) is 115 Å². The minimum atomic E-state index is -4.54. The molecule has 0 fully saturated rings. The molecule has 0 aliphatic carbocycles. The Morgan fingerprint density at radius 1 is 0.684 bits per heavy atom. The topological polar surface area (TPSA) is 107 Å². The molecule has 0 heterocycles. The molecule has 1 atom stereocenters. The molecule has 1 N–H and O–H groups in total. The Balaban J connectivity index is 2.05. The van der Waals surface area contributed by atoms with Gasteiger partial charge in [0.15, 0.2) is 0 Å². The van der Waals surface area contributed by atoms with E-state index in [1.807, 2.05) is 0 Å². The Bertz CT molecular complexity index is 882. The van der Waals surface area contributed by atoms with Gasteiger partial charge in [0.05, 0.1) is 17.7 Å². The second-order valence-electron chi connectivity index (χ2n) is 10.2. The molecule has 0 saturated heterocycles. The van der Waals surface area contributed by atoms with Crippen LogP contribution in [-0.2, 0) is 19.6 Å². The lowest BCUT2D eigenvalue weighted by molar-refractivity contribution is 0.0425. The molecule has 0 bridgehead atoms. The van der Waals surface area contributed by atoms with E-state index in [-0.39, 0.29) is 17.7 Å². The molecular weight excluding hydrogens is 504 g/mol. The van der Waals surface area contributed by atoms with E-state index in [4.69, 9.17) is 14.0 Å². The van der Waals surface area contributed by atoms with Crippen LogP contribution < -0.4 is 0 Å². The Morgan fingerprint density at radius 3 is 1.45 bits per heavy atom. The molecule has 0 saturated carbocycles. The van der Waals surface area contributed by atoms with Gasteiger partial charge in [0, 0.05) is 0 Å². The number of carbonyl (C=O) groups excluding carboxylic acids is 2. The Kier molecular flexibility index (Phi) is 18.8. The lowest BCUT2D eigenvalue weighted by Gasteiger charge is -2.12. The van der Waals surface area contributed by atoms with Gasteiger partial charge in [0.25, 0.3) is 0 Å². The maximum Gasteiger partial charge on any atom is 0.340 e. The first-order valence-electron chi connectivity index (χ1n) is 14.7. The lowest BCUT2D eigenvalue weighted by Crippen LogP contribution is -2.25. The Labute approximate surface area is 230 Å². The van der Waals surface area contributed by atoms with Gasteiger partial charge in [-0.2, -0.15) is 8.42 Å². The monoisotopic (exact) mass is 554 g/mol. The van der Waals surface area contributed by atoms with Crippen LogP contribution in [0.2, 0.25) is 0 Å². The standard InChI is InChI=1S/C30H50O7S/c1-3-4-5-6-7-8-9-10-11-12-13-14-15-16-17-18-19-22-25-36-29(31)27-23-20-21-24-28(27)30(32)37-26(2)38(33,34)35/h20-21,23-24,26H,3-19,22,25H2,1-2H3,(H,33,34,35). The molecule has 0 aliphatic rings. The molecule has 1 unspecified atom stereocenters. The van der Waals surface area contributed by atoms with Crippen molar-refractivity contribution in [2.45, 2.75) is 135 Å². The molecule has 0 radical (unpaired) electrons. The fourth-order valence-electron chi connectivity index (χ4n) is 4.36.